The lowest BCUT2D eigenvalue weighted by Gasteiger charge is -2.40. The Morgan fingerprint density at radius 1 is 1.12 bits per heavy atom. The highest BCUT2D eigenvalue weighted by molar-refractivity contribution is 7.13. The van der Waals surface area contributed by atoms with E-state index in [2.05, 4.69) is 25.5 Å². The molecular weight excluding hydrogens is 603 g/mol. The number of fused-ring (bicyclic) bond motifs is 2. The second-order valence-electron chi connectivity index (χ2n) is 10.6. The smallest absolute Gasteiger partial charge is 0.280 e. The molecule has 11 nitrogen and oxygen atoms in total. The molecule has 3 amide bonds. The fraction of sp³-hybridized carbons (Fsp3) is 0.500. The van der Waals surface area contributed by atoms with Crippen molar-refractivity contribution in [1.82, 2.24) is 30.4 Å². The van der Waals surface area contributed by atoms with Gasteiger partial charge in [-0.05, 0) is 37.7 Å². The zero-order valence-electron chi connectivity index (χ0n) is 23.8. The SMILES string of the molecule is COCC(COC)C(=O)N1CC[C@H](NC(=O)c2cc3cc(Cl)ccc3[nH]2)[C@H](NC(=O)c2nc3c(s2)CN(C)CC3)C1.Cl. The number of nitrogens with one attached hydrogen (secondary N) is 3. The number of benzene rings is 1. The van der Waals surface area contributed by atoms with Crippen molar-refractivity contribution in [1.29, 1.82) is 0 Å². The van der Waals surface area contributed by atoms with E-state index in [0.29, 0.717) is 28.7 Å². The second kappa shape index (κ2) is 14.2. The molecular formula is C28H36Cl2N6O5S. The summed E-state index contributed by atoms with van der Waals surface area (Å²) < 4.78 is 10.5. The number of thiazole rings is 1. The number of methoxy groups -OCH3 is 2. The number of amides is 3. The summed E-state index contributed by atoms with van der Waals surface area (Å²) in [6.07, 6.45) is 1.26. The number of carbonyl (C=O) groups is 3. The van der Waals surface area contributed by atoms with E-state index in [-0.39, 0.29) is 49.9 Å². The average molecular weight is 640 g/mol. The zero-order valence-corrected chi connectivity index (χ0v) is 26.2. The van der Waals surface area contributed by atoms with E-state index in [4.69, 9.17) is 21.1 Å². The molecule has 2 aromatic heterocycles. The van der Waals surface area contributed by atoms with Crippen molar-refractivity contribution in [2.45, 2.75) is 31.5 Å². The van der Waals surface area contributed by atoms with Crippen LogP contribution in [0.3, 0.4) is 0 Å². The number of hydrogen-bond acceptors (Lipinski definition) is 8. The molecule has 0 spiro atoms. The minimum atomic E-state index is -0.530. The third-order valence-electron chi connectivity index (χ3n) is 7.59. The van der Waals surface area contributed by atoms with Gasteiger partial charge in [-0.3, -0.25) is 14.4 Å². The molecule has 0 saturated carbocycles. The van der Waals surface area contributed by atoms with Gasteiger partial charge in [0.15, 0.2) is 5.01 Å². The Morgan fingerprint density at radius 3 is 2.60 bits per heavy atom. The van der Waals surface area contributed by atoms with Crippen LogP contribution in [0.5, 0.6) is 0 Å². The van der Waals surface area contributed by atoms with Crippen LogP contribution >= 0.6 is 35.3 Å². The first-order valence-electron chi connectivity index (χ1n) is 13.6. The minimum absolute atomic E-state index is 0. The van der Waals surface area contributed by atoms with Gasteiger partial charge in [-0.15, -0.1) is 23.7 Å². The number of ether oxygens (including phenoxy) is 2. The van der Waals surface area contributed by atoms with Crippen molar-refractivity contribution in [3.63, 3.8) is 0 Å². The van der Waals surface area contributed by atoms with Gasteiger partial charge in [0.1, 0.15) is 5.69 Å². The fourth-order valence-corrected chi connectivity index (χ4v) is 6.72. The van der Waals surface area contributed by atoms with Gasteiger partial charge in [0.2, 0.25) is 5.91 Å². The summed E-state index contributed by atoms with van der Waals surface area (Å²) in [5, 5.41) is 7.96. The zero-order chi connectivity index (χ0) is 29.1. The Hall–Kier alpha value is -2.74. The molecule has 2 atom stereocenters. The molecule has 3 aromatic rings. The maximum Gasteiger partial charge on any atom is 0.280 e. The molecule has 0 unspecified atom stereocenters. The second-order valence-corrected chi connectivity index (χ2v) is 12.2. The number of hydrogen-bond donors (Lipinski definition) is 3. The summed E-state index contributed by atoms with van der Waals surface area (Å²) in [4.78, 5) is 52.8. The van der Waals surface area contributed by atoms with Gasteiger partial charge >= 0.3 is 0 Å². The summed E-state index contributed by atoms with van der Waals surface area (Å²) >= 11 is 7.51. The van der Waals surface area contributed by atoms with Gasteiger partial charge in [0.05, 0.1) is 36.9 Å². The summed E-state index contributed by atoms with van der Waals surface area (Å²) in [5.74, 6) is -1.19. The molecule has 1 saturated heterocycles. The molecule has 14 heteroatoms. The monoisotopic (exact) mass is 638 g/mol. The largest absolute Gasteiger partial charge is 0.384 e. The number of nitrogens with zero attached hydrogens (tertiary/aromatic N) is 3. The van der Waals surface area contributed by atoms with Gasteiger partial charge in [-0.25, -0.2) is 4.98 Å². The molecule has 42 heavy (non-hydrogen) atoms. The number of likely N-dealkylation sites (N-methyl/N-ethyl adjacent to an activating group) is 1. The van der Waals surface area contributed by atoms with Crippen molar-refractivity contribution in [3.8, 4) is 0 Å². The van der Waals surface area contributed by atoms with Gasteiger partial charge in [0, 0.05) is 67.6 Å². The molecule has 2 aliphatic heterocycles. The van der Waals surface area contributed by atoms with E-state index in [0.717, 1.165) is 41.0 Å². The molecule has 0 aliphatic carbocycles. The minimum Gasteiger partial charge on any atom is -0.384 e. The molecule has 1 aromatic carbocycles. The molecule has 2 aliphatic rings. The molecule has 3 N–H and O–H groups in total. The third kappa shape index (κ3) is 7.24. The van der Waals surface area contributed by atoms with Crippen molar-refractivity contribution < 1.29 is 23.9 Å². The van der Waals surface area contributed by atoms with Crippen LogP contribution in [-0.2, 0) is 27.2 Å². The molecule has 228 valence electrons. The van der Waals surface area contributed by atoms with Gasteiger partial charge < -0.3 is 34.9 Å². The predicted octanol–water partition coefficient (Wildman–Crippen LogP) is 2.73. The topological polar surface area (TPSA) is 129 Å². The Kier molecular flexibility index (Phi) is 10.8. The fourth-order valence-electron chi connectivity index (χ4n) is 5.44. The first-order valence-corrected chi connectivity index (χ1v) is 14.8. The summed E-state index contributed by atoms with van der Waals surface area (Å²) in [7, 11) is 5.14. The first kappa shape index (κ1) is 32.2. The van der Waals surface area contributed by atoms with Crippen LogP contribution in [0.15, 0.2) is 24.3 Å². The predicted molar refractivity (Wildman–Crippen MR) is 164 cm³/mol. The number of aromatic nitrogens is 2. The van der Waals surface area contributed by atoms with E-state index >= 15 is 0 Å². The van der Waals surface area contributed by atoms with Crippen LogP contribution < -0.4 is 10.6 Å². The molecule has 0 bridgehead atoms. The number of likely N-dealkylation sites (tertiary alicyclic amines) is 1. The lowest BCUT2D eigenvalue weighted by Crippen LogP contribution is -2.62. The van der Waals surface area contributed by atoms with Crippen LogP contribution in [-0.4, -0.2) is 104 Å². The Labute approximate surface area is 259 Å². The van der Waals surface area contributed by atoms with E-state index in [1.54, 1.807) is 37.3 Å². The van der Waals surface area contributed by atoms with Crippen LogP contribution in [0.4, 0.5) is 0 Å². The van der Waals surface area contributed by atoms with Crippen LogP contribution in [0.1, 0.15) is 37.3 Å². The van der Waals surface area contributed by atoms with Crippen molar-refractivity contribution in [2.24, 2.45) is 5.92 Å². The van der Waals surface area contributed by atoms with Crippen molar-refractivity contribution in [3.05, 3.63) is 50.6 Å². The summed E-state index contributed by atoms with van der Waals surface area (Å²) in [6, 6.07) is 6.18. The number of piperidine rings is 1. The quantitative estimate of drug-likeness (QED) is 0.329. The van der Waals surface area contributed by atoms with E-state index in [1.807, 2.05) is 13.1 Å². The maximum absolute atomic E-state index is 13.4. The van der Waals surface area contributed by atoms with Crippen LogP contribution in [0.2, 0.25) is 5.02 Å². The lowest BCUT2D eigenvalue weighted by atomic mass is 9.97. The highest BCUT2D eigenvalue weighted by Crippen LogP contribution is 2.25. The van der Waals surface area contributed by atoms with Crippen molar-refractivity contribution >= 4 is 64.0 Å². The lowest BCUT2D eigenvalue weighted by molar-refractivity contribution is -0.140. The molecule has 1 fully saturated rings. The third-order valence-corrected chi connectivity index (χ3v) is 8.90. The summed E-state index contributed by atoms with van der Waals surface area (Å²) in [6.45, 7) is 2.76. The molecule has 5 rings (SSSR count). The van der Waals surface area contributed by atoms with E-state index in [1.165, 1.54) is 11.3 Å². The molecule has 0 radical (unpaired) electrons. The van der Waals surface area contributed by atoms with Gasteiger partial charge in [0.25, 0.3) is 11.8 Å². The number of halogens is 2. The van der Waals surface area contributed by atoms with E-state index in [9.17, 15) is 14.4 Å². The normalized spacial score (nSPS) is 18.9. The Bertz CT molecular complexity index is 1420. The van der Waals surface area contributed by atoms with Crippen LogP contribution in [0, 0.1) is 5.92 Å². The first-order chi connectivity index (χ1) is 19.7. The number of H-pyrrole nitrogens is 1. The Balaban J connectivity index is 0.00000405. The van der Waals surface area contributed by atoms with Gasteiger partial charge in [-0.1, -0.05) is 11.6 Å². The van der Waals surface area contributed by atoms with E-state index < -0.39 is 18.0 Å². The number of rotatable bonds is 9. The molecule has 4 heterocycles. The maximum atomic E-state index is 13.4. The standard InChI is InChI=1S/C28H35ClN6O5S.ClH/c1-34-8-6-21-24(13-34)41-27(33-21)26(37)32-23-12-35(28(38)17(14-39-2)15-40-3)9-7-20(23)31-25(36)22-11-16-10-18(29)4-5-19(16)30-22;/h4-5,10-11,17,20,23,30H,6-9,12-15H2,1-3H3,(H,31,36)(H,32,37);1H/t20-,23+;/m0./s1. The van der Waals surface area contributed by atoms with Gasteiger partial charge in [-0.2, -0.15) is 0 Å². The average Bonchev–Trinajstić information content (AvgIpc) is 3.57. The highest BCUT2D eigenvalue weighted by atomic mass is 35.5. The number of aromatic amines is 1. The Morgan fingerprint density at radius 2 is 1.86 bits per heavy atom. The summed E-state index contributed by atoms with van der Waals surface area (Å²) in [5.41, 5.74) is 2.15. The van der Waals surface area contributed by atoms with Crippen LogP contribution in [0.25, 0.3) is 10.9 Å². The number of carbonyl (C=O) groups excluding carboxylic acids is 3. The highest BCUT2D eigenvalue weighted by Gasteiger charge is 2.37. The van der Waals surface area contributed by atoms with Crippen molar-refractivity contribution in [2.75, 3.05) is 54.1 Å².